The minimum atomic E-state index is -1.32. The van der Waals surface area contributed by atoms with Crippen LogP contribution in [0.2, 0.25) is 0 Å². The number of esters is 1. The first-order valence-corrected chi connectivity index (χ1v) is 8.92. The molecule has 1 atom stereocenters. The molecule has 130 valence electrons. The number of rotatable bonds is 1. The van der Waals surface area contributed by atoms with E-state index >= 15 is 0 Å². The van der Waals surface area contributed by atoms with E-state index in [1.807, 2.05) is 78.9 Å². The summed E-state index contributed by atoms with van der Waals surface area (Å²) < 4.78 is 5.80. The maximum Gasteiger partial charge on any atom is 0.332 e. The second-order valence-corrected chi connectivity index (χ2v) is 6.88. The number of ether oxygens (including phenoxy) is 1. The van der Waals surface area contributed by atoms with E-state index in [0.717, 1.165) is 27.8 Å². The second-order valence-electron chi connectivity index (χ2n) is 6.88. The number of benzene rings is 3. The quantitative estimate of drug-likeness (QED) is 0.592. The van der Waals surface area contributed by atoms with Gasteiger partial charge >= 0.3 is 5.97 Å². The largest absolute Gasteiger partial charge is 0.442 e. The Kier molecular flexibility index (Phi) is 3.37. The lowest BCUT2D eigenvalue weighted by Gasteiger charge is -2.40. The number of ketones is 1. The molecule has 3 heteroatoms. The van der Waals surface area contributed by atoms with Gasteiger partial charge in [0.1, 0.15) is 0 Å². The third-order valence-corrected chi connectivity index (χ3v) is 5.34. The average Bonchev–Trinajstić information content (AvgIpc) is 2.73. The van der Waals surface area contributed by atoms with Gasteiger partial charge in [-0.3, -0.25) is 4.79 Å². The molecule has 5 rings (SSSR count). The lowest BCUT2D eigenvalue weighted by Crippen LogP contribution is -2.45. The van der Waals surface area contributed by atoms with Gasteiger partial charge in [0.15, 0.2) is 0 Å². The van der Waals surface area contributed by atoms with Crippen molar-refractivity contribution in [3.63, 3.8) is 0 Å². The van der Waals surface area contributed by atoms with Crippen LogP contribution in [0, 0.1) is 0 Å². The van der Waals surface area contributed by atoms with Crippen molar-refractivity contribution in [2.75, 3.05) is 0 Å². The molecule has 0 saturated carbocycles. The molecule has 3 aromatic rings. The first-order chi connectivity index (χ1) is 13.2. The molecule has 1 aliphatic carbocycles. The van der Waals surface area contributed by atoms with Gasteiger partial charge in [-0.1, -0.05) is 78.9 Å². The summed E-state index contributed by atoms with van der Waals surface area (Å²) in [4.78, 5) is 26.1. The van der Waals surface area contributed by atoms with E-state index in [9.17, 15) is 9.59 Å². The van der Waals surface area contributed by atoms with Gasteiger partial charge in [-0.25, -0.2) is 4.79 Å². The van der Waals surface area contributed by atoms with Crippen molar-refractivity contribution in [3.8, 4) is 11.1 Å². The van der Waals surface area contributed by atoms with Gasteiger partial charge in [0.05, 0.1) is 0 Å². The van der Waals surface area contributed by atoms with Crippen LogP contribution in [-0.2, 0) is 15.1 Å². The predicted octanol–water partition coefficient (Wildman–Crippen LogP) is 4.78. The second kappa shape index (κ2) is 5.78. The number of hydrogen-bond donors (Lipinski definition) is 0. The lowest BCUT2D eigenvalue weighted by atomic mass is 9.70. The minimum Gasteiger partial charge on any atom is -0.442 e. The van der Waals surface area contributed by atoms with Crippen LogP contribution in [-0.4, -0.2) is 11.8 Å². The van der Waals surface area contributed by atoms with Crippen LogP contribution in [0.3, 0.4) is 0 Å². The van der Waals surface area contributed by atoms with Crippen LogP contribution in [0.15, 0.2) is 84.9 Å². The molecule has 0 bridgehead atoms. The van der Waals surface area contributed by atoms with E-state index in [4.69, 9.17) is 4.74 Å². The molecule has 1 heterocycles. The number of Topliss-reactive ketones (excluding diaryl/α,β-unsaturated/α-hetero) is 1. The highest BCUT2D eigenvalue weighted by molar-refractivity contribution is 6.14. The Bertz CT molecular complexity index is 1110. The molecule has 2 aliphatic rings. The summed E-state index contributed by atoms with van der Waals surface area (Å²) in [7, 11) is 0. The Morgan fingerprint density at radius 1 is 0.704 bits per heavy atom. The smallest absolute Gasteiger partial charge is 0.332 e. The van der Waals surface area contributed by atoms with Gasteiger partial charge in [0.2, 0.25) is 11.4 Å². The van der Waals surface area contributed by atoms with Crippen LogP contribution in [0.25, 0.3) is 16.7 Å². The van der Waals surface area contributed by atoms with Crippen molar-refractivity contribution in [1.29, 1.82) is 0 Å². The molecule has 0 unspecified atom stereocenters. The molecule has 1 aliphatic heterocycles. The number of carbonyl (C=O) groups is 2. The summed E-state index contributed by atoms with van der Waals surface area (Å²) in [6, 6.07) is 24.9. The Morgan fingerprint density at radius 2 is 1.33 bits per heavy atom. The van der Waals surface area contributed by atoms with Crippen LogP contribution in [0.5, 0.6) is 0 Å². The van der Waals surface area contributed by atoms with Gasteiger partial charge < -0.3 is 4.74 Å². The van der Waals surface area contributed by atoms with E-state index in [0.29, 0.717) is 12.0 Å². The summed E-state index contributed by atoms with van der Waals surface area (Å²) in [5.74, 6) is -0.644. The molecule has 0 fully saturated rings. The molecular formula is C24H16O3. The maximum atomic E-state index is 13.6. The minimum absolute atomic E-state index is 0.160. The van der Waals surface area contributed by atoms with Gasteiger partial charge in [-0.15, -0.1) is 0 Å². The average molecular weight is 352 g/mol. The van der Waals surface area contributed by atoms with E-state index in [1.54, 1.807) is 0 Å². The molecule has 0 radical (unpaired) electrons. The van der Waals surface area contributed by atoms with Crippen molar-refractivity contribution >= 4 is 17.3 Å². The molecule has 0 aromatic heterocycles. The zero-order valence-corrected chi connectivity index (χ0v) is 14.5. The van der Waals surface area contributed by atoms with Crippen molar-refractivity contribution in [1.82, 2.24) is 0 Å². The van der Waals surface area contributed by atoms with Crippen molar-refractivity contribution in [3.05, 3.63) is 102 Å². The first kappa shape index (κ1) is 15.8. The fourth-order valence-electron chi connectivity index (χ4n) is 4.14. The summed E-state index contributed by atoms with van der Waals surface area (Å²) >= 11 is 0. The zero-order valence-electron chi connectivity index (χ0n) is 14.5. The van der Waals surface area contributed by atoms with Gasteiger partial charge in [-0.05, 0) is 22.3 Å². The van der Waals surface area contributed by atoms with E-state index in [-0.39, 0.29) is 5.78 Å². The summed E-state index contributed by atoms with van der Waals surface area (Å²) in [5.41, 5.74) is 3.60. The van der Waals surface area contributed by atoms with Gasteiger partial charge in [0.25, 0.3) is 0 Å². The molecule has 0 amide bonds. The van der Waals surface area contributed by atoms with E-state index < -0.39 is 11.6 Å². The summed E-state index contributed by atoms with van der Waals surface area (Å²) in [6.45, 7) is 0. The Balaban J connectivity index is 1.74. The number of carbonyl (C=O) groups excluding carboxylic acids is 2. The SMILES string of the molecule is O=C1C=C(c2ccccc2)C[C@]2(O1)C(=O)c1ccccc1-c1ccccc12. The van der Waals surface area contributed by atoms with Crippen LogP contribution in [0.4, 0.5) is 0 Å². The molecule has 1 spiro atoms. The number of fused-ring (bicyclic) bond motifs is 4. The Hall–Kier alpha value is -3.46. The highest BCUT2D eigenvalue weighted by atomic mass is 16.6. The fourth-order valence-corrected chi connectivity index (χ4v) is 4.14. The predicted molar refractivity (Wildman–Crippen MR) is 103 cm³/mol. The van der Waals surface area contributed by atoms with Gasteiger partial charge in [0, 0.05) is 23.6 Å². The zero-order chi connectivity index (χ0) is 18.4. The van der Waals surface area contributed by atoms with E-state index in [2.05, 4.69) is 0 Å². The fraction of sp³-hybridized carbons (Fsp3) is 0.0833. The third-order valence-electron chi connectivity index (χ3n) is 5.34. The van der Waals surface area contributed by atoms with Crippen LogP contribution >= 0.6 is 0 Å². The molecule has 3 aromatic carbocycles. The topological polar surface area (TPSA) is 43.4 Å². The molecule has 0 saturated heterocycles. The van der Waals surface area contributed by atoms with Crippen molar-refractivity contribution in [2.45, 2.75) is 12.0 Å². The van der Waals surface area contributed by atoms with Crippen LogP contribution < -0.4 is 0 Å². The summed E-state index contributed by atoms with van der Waals surface area (Å²) in [6.07, 6.45) is 1.82. The normalized spacial score (nSPS) is 20.5. The molecule has 27 heavy (non-hydrogen) atoms. The standard InChI is InChI=1S/C24H16O3/c25-22-14-17(16-8-2-1-3-9-16)15-24(27-22)21-13-7-6-11-19(21)18-10-4-5-12-20(18)23(24)26/h1-14H,15H2/t24-/m1/s1. The highest BCUT2D eigenvalue weighted by Gasteiger charge is 2.51. The maximum absolute atomic E-state index is 13.6. The van der Waals surface area contributed by atoms with Gasteiger partial charge in [-0.2, -0.15) is 0 Å². The molecule has 0 N–H and O–H groups in total. The van der Waals surface area contributed by atoms with Crippen molar-refractivity contribution < 1.29 is 14.3 Å². The Labute approximate surface area is 156 Å². The lowest BCUT2D eigenvalue weighted by molar-refractivity contribution is -0.151. The molecule has 3 nitrogen and oxygen atoms in total. The number of hydrogen-bond acceptors (Lipinski definition) is 3. The monoisotopic (exact) mass is 352 g/mol. The Morgan fingerprint density at radius 3 is 2.11 bits per heavy atom. The third kappa shape index (κ3) is 2.28. The molecular weight excluding hydrogens is 336 g/mol. The summed E-state index contributed by atoms with van der Waals surface area (Å²) in [5, 5.41) is 0. The first-order valence-electron chi connectivity index (χ1n) is 8.92. The van der Waals surface area contributed by atoms with Crippen LogP contribution in [0.1, 0.15) is 27.9 Å². The highest BCUT2D eigenvalue weighted by Crippen LogP contribution is 2.49. The van der Waals surface area contributed by atoms with E-state index in [1.165, 1.54) is 6.08 Å². The van der Waals surface area contributed by atoms with Crippen molar-refractivity contribution in [2.24, 2.45) is 0 Å².